The van der Waals surface area contributed by atoms with E-state index in [1.165, 1.54) is 7.11 Å². The van der Waals surface area contributed by atoms with Gasteiger partial charge in [-0.3, -0.25) is 0 Å². The second kappa shape index (κ2) is 5.04. The summed E-state index contributed by atoms with van der Waals surface area (Å²) in [7, 11) is 1.31. The Morgan fingerprint density at radius 2 is 2.13 bits per heavy atom. The van der Waals surface area contributed by atoms with Crippen molar-refractivity contribution in [3.63, 3.8) is 0 Å². The lowest BCUT2D eigenvalue weighted by molar-refractivity contribution is 0.261. The molecule has 0 aliphatic carbocycles. The largest absolute Gasteiger partial charge is 0.496 e. The minimum absolute atomic E-state index is 0.0649. The molecular weight excluding hydrogens is 204 g/mol. The lowest BCUT2D eigenvalue weighted by Crippen LogP contribution is -2.18. The summed E-state index contributed by atoms with van der Waals surface area (Å²) in [5.41, 5.74) is 5.48. The van der Waals surface area contributed by atoms with Crippen LogP contribution in [0.15, 0.2) is 12.1 Å². The number of hydrogen-bond donors (Lipinski definition) is 2. The molecule has 5 heteroatoms. The molecule has 0 aliphatic rings. The van der Waals surface area contributed by atoms with Crippen LogP contribution in [0.3, 0.4) is 0 Å². The molecule has 0 aliphatic heterocycles. The number of methoxy groups -OCH3 is 1. The zero-order valence-electron chi connectivity index (χ0n) is 8.34. The van der Waals surface area contributed by atoms with Crippen LogP contribution in [0.25, 0.3) is 0 Å². The predicted molar refractivity (Wildman–Crippen MR) is 51.8 cm³/mol. The van der Waals surface area contributed by atoms with Crippen LogP contribution in [-0.2, 0) is 0 Å². The number of ether oxygens (including phenoxy) is 1. The predicted octanol–water partition coefficient (Wildman–Crippen LogP) is 1.01. The molecule has 0 saturated carbocycles. The van der Waals surface area contributed by atoms with E-state index in [0.29, 0.717) is 0 Å². The standard InChI is InChI=1S/C10H13F2NO2/c1-15-9-3-7(11)2-8(12)10(9)6(4-13)5-14/h2-3,6,14H,4-5,13H2,1H3. The van der Waals surface area contributed by atoms with Crippen LogP contribution in [0, 0.1) is 11.6 Å². The molecule has 0 fully saturated rings. The maximum Gasteiger partial charge on any atom is 0.133 e. The number of benzene rings is 1. The summed E-state index contributed by atoms with van der Waals surface area (Å²) in [6.07, 6.45) is 0. The number of halogens is 2. The van der Waals surface area contributed by atoms with Gasteiger partial charge in [0.15, 0.2) is 0 Å². The number of aliphatic hydroxyl groups is 1. The van der Waals surface area contributed by atoms with E-state index in [1.807, 2.05) is 0 Å². The fraction of sp³-hybridized carbons (Fsp3) is 0.400. The monoisotopic (exact) mass is 217 g/mol. The van der Waals surface area contributed by atoms with Crippen LogP contribution in [0.4, 0.5) is 8.78 Å². The van der Waals surface area contributed by atoms with Crippen molar-refractivity contribution in [3.05, 3.63) is 29.3 Å². The summed E-state index contributed by atoms with van der Waals surface area (Å²) >= 11 is 0. The molecule has 0 heterocycles. The second-order valence-electron chi connectivity index (χ2n) is 3.12. The number of nitrogens with two attached hydrogens (primary N) is 1. The minimum Gasteiger partial charge on any atom is -0.496 e. The summed E-state index contributed by atoms with van der Waals surface area (Å²) < 4.78 is 31.1. The Labute approximate surface area is 86.5 Å². The molecule has 0 bridgehead atoms. The average Bonchev–Trinajstić information content (AvgIpc) is 2.21. The van der Waals surface area contributed by atoms with Gasteiger partial charge in [0.1, 0.15) is 17.4 Å². The molecule has 0 amide bonds. The number of hydrogen-bond acceptors (Lipinski definition) is 3. The highest BCUT2D eigenvalue weighted by Crippen LogP contribution is 2.29. The highest BCUT2D eigenvalue weighted by Gasteiger charge is 2.20. The fourth-order valence-electron chi connectivity index (χ4n) is 1.41. The van der Waals surface area contributed by atoms with Crippen LogP contribution >= 0.6 is 0 Å². The lowest BCUT2D eigenvalue weighted by atomic mass is 9.98. The van der Waals surface area contributed by atoms with Gasteiger partial charge < -0.3 is 15.6 Å². The van der Waals surface area contributed by atoms with E-state index in [4.69, 9.17) is 15.6 Å². The third kappa shape index (κ3) is 2.43. The molecule has 0 aromatic heterocycles. The van der Waals surface area contributed by atoms with E-state index in [9.17, 15) is 8.78 Å². The van der Waals surface area contributed by atoms with Gasteiger partial charge in [-0.05, 0) is 0 Å². The first-order valence-electron chi connectivity index (χ1n) is 4.47. The van der Waals surface area contributed by atoms with Crippen molar-refractivity contribution in [1.29, 1.82) is 0 Å². The highest BCUT2D eigenvalue weighted by atomic mass is 19.1. The van der Waals surface area contributed by atoms with Gasteiger partial charge in [-0.25, -0.2) is 8.78 Å². The van der Waals surface area contributed by atoms with Gasteiger partial charge in [-0.15, -0.1) is 0 Å². The Balaban J connectivity index is 3.24. The smallest absolute Gasteiger partial charge is 0.133 e. The van der Waals surface area contributed by atoms with Crippen LogP contribution in [0.5, 0.6) is 5.75 Å². The molecule has 0 saturated heterocycles. The molecule has 1 atom stereocenters. The van der Waals surface area contributed by atoms with E-state index in [1.54, 1.807) is 0 Å². The molecule has 1 rings (SSSR count). The molecule has 15 heavy (non-hydrogen) atoms. The third-order valence-corrected chi connectivity index (χ3v) is 2.19. The fourth-order valence-corrected chi connectivity index (χ4v) is 1.41. The van der Waals surface area contributed by atoms with Gasteiger partial charge in [0, 0.05) is 30.2 Å². The van der Waals surface area contributed by atoms with Gasteiger partial charge in [-0.1, -0.05) is 0 Å². The van der Waals surface area contributed by atoms with E-state index in [0.717, 1.165) is 12.1 Å². The average molecular weight is 217 g/mol. The topological polar surface area (TPSA) is 55.5 Å². The quantitative estimate of drug-likeness (QED) is 0.791. The Kier molecular flexibility index (Phi) is 3.99. The Hall–Kier alpha value is -1.20. The zero-order valence-corrected chi connectivity index (χ0v) is 8.34. The van der Waals surface area contributed by atoms with Gasteiger partial charge in [0.05, 0.1) is 13.7 Å². The zero-order chi connectivity index (χ0) is 11.4. The molecule has 84 valence electrons. The minimum atomic E-state index is -0.753. The van der Waals surface area contributed by atoms with E-state index < -0.39 is 17.6 Å². The number of aliphatic hydroxyl groups excluding tert-OH is 1. The van der Waals surface area contributed by atoms with Crippen molar-refractivity contribution in [3.8, 4) is 5.75 Å². The van der Waals surface area contributed by atoms with Crippen LogP contribution < -0.4 is 10.5 Å². The van der Waals surface area contributed by atoms with E-state index >= 15 is 0 Å². The number of rotatable bonds is 4. The first-order valence-corrected chi connectivity index (χ1v) is 4.47. The normalized spacial score (nSPS) is 12.6. The van der Waals surface area contributed by atoms with E-state index in [2.05, 4.69) is 0 Å². The Morgan fingerprint density at radius 1 is 1.47 bits per heavy atom. The maximum atomic E-state index is 13.4. The molecule has 0 radical (unpaired) electrons. The summed E-state index contributed by atoms with van der Waals surface area (Å²) in [5, 5.41) is 9.00. The summed E-state index contributed by atoms with van der Waals surface area (Å²) in [4.78, 5) is 0. The Bertz CT molecular complexity index is 340. The lowest BCUT2D eigenvalue weighted by Gasteiger charge is -2.16. The summed E-state index contributed by atoms with van der Waals surface area (Å²) in [5.74, 6) is -1.99. The van der Waals surface area contributed by atoms with Crippen molar-refractivity contribution in [2.24, 2.45) is 5.73 Å². The molecule has 1 unspecified atom stereocenters. The van der Waals surface area contributed by atoms with Crippen molar-refractivity contribution >= 4 is 0 Å². The van der Waals surface area contributed by atoms with Crippen molar-refractivity contribution in [2.75, 3.05) is 20.3 Å². The van der Waals surface area contributed by atoms with Gasteiger partial charge >= 0.3 is 0 Å². The molecule has 3 nitrogen and oxygen atoms in total. The SMILES string of the molecule is COc1cc(F)cc(F)c1C(CN)CO. The summed E-state index contributed by atoms with van der Waals surface area (Å²) in [6.45, 7) is -0.245. The molecular formula is C10H13F2NO2. The summed E-state index contributed by atoms with van der Waals surface area (Å²) in [6, 6.07) is 1.81. The molecule has 3 N–H and O–H groups in total. The van der Waals surface area contributed by atoms with Crippen LogP contribution in [0.2, 0.25) is 0 Å². The first-order chi connectivity index (χ1) is 7.13. The van der Waals surface area contributed by atoms with Crippen molar-refractivity contribution < 1.29 is 18.6 Å². The molecule has 1 aromatic rings. The molecule has 0 spiro atoms. The highest BCUT2D eigenvalue weighted by molar-refractivity contribution is 5.38. The maximum absolute atomic E-state index is 13.4. The van der Waals surface area contributed by atoms with Crippen molar-refractivity contribution in [1.82, 2.24) is 0 Å². The molecule has 1 aromatic carbocycles. The third-order valence-electron chi connectivity index (χ3n) is 2.19. The van der Waals surface area contributed by atoms with Crippen LogP contribution in [0.1, 0.15) is 11.5 Å². The van der Waals surface area contributed by atoms with E-state index in [-0.39, 0.29) is 24.5 Å². The second-order valence-corrected chi connectivity index (χ2v) is 3.12. The van der Waals surface area contributed by atoms with Crippen molar-refractivity contribution in [2.45, 2.75) is 5.92 Å². The van der Waals surface area contributed by atoms with Crippen LogP contribution in [-0.4, -0.2) is 25.4 Å². The van der Waals surface area contributed by atoms with Gasteiger partial charge in [0.2, 0.25) is 0 Å². The first kappa shape index (κ1) is 11.9. The van der Waals surface area contributed by atoms with Gasteiger partial charge in [-0.2, -0.15) is 0 Å². The Morgan fingerprint density at radius 3 is 2.60 bits per heavy atom. The van der Waals surface area contributed by atoms with Gasteiger partial charge in [0.25, 0.3) is 0 Å².